The summed E-state index contributed by atoms with van der Waals surface area (Å²) in [6.45, 7) is 8.04. The van der Waals surface area contributed by atoms with E-state index in [1.807, 2.05) is 43.9 Å². The molecule has 0 aliphatic rings. The molecule has 4 N–H and O–H groups in total. The highest BCUT2D eigenvalue weighted by atomic mass is 16.2. The molecule has 5 aromatic heterocycles. The smallest absolute Gasteiger partial charge is 0.291 e. The van der Waals surface area contributed by atoms with Crippen molar-refractivity contribution in [2.24, 2.45) is 0 Å². The number of pyridine rings is 1. The zero-order chi connectivity index (χ0) is 29.1. The molecule has 0 radical (unpaired) electrons. The molecule has 0 aliphatic heterocycles. The van der Waals surface area contributed by atoms with Crippen LogP contribution < -0.4 is 5.73 Å². The number of aromatic nitrogens is 9. The van der Waals surface area contributed by atoms with Crippen LogP contribution in [0.25, 0.3) is 28.2 Å². The quantitative estimate of drug-likeness (QED) is 0.205. The molecule has 0 unspecified atom stereocenters. The number of nitrogens with two attached hydrogens (primary N) is 1. The van der Waals surface area contributed by atoms with Gasteiger partial charge < -0.3 is 10.6 Å². The largest absolute Gasteiger partial charge is 0.383 e. The van der Waals surface area contributed by atoms with Gasteiger partial charge in [-0.1, -0.05) is 19.9 Å². The number of nitrogens with one attached hydrogen (secondary N) is 2. The van der Waals surface area contributed by atoms with E-state index in [9.17, 15) is 9.59 Å². The molecule has 0 aromatic carbocycles. The predicted octanol–water partition coefficient (Wildman–Crippen LogP) is 3.66. The number of nitrogen functional groups attached to an aromatic ring is 1. The van der Waals surface area contributed by atoms with Crippen LogP contribution in [0.3, 0.4) is 0 Å². The number of carbonyl (C=O) groups excluding carboxylic acids is 2. The number of Topliss-reactive ketones (excluding diaryl/α,β-unsaturated/α-hetero) is 1. The SMILES string of the molecule is CCCN(C(=O)c1ncn[nH]1)[C@H](CC)CCc1nc2c(-c3ccc(-c4cc(C)[nH]n4)nc3)cnn2c(N)c1C(C)=O. The highest BCUT2D eigenvalue weighted by Crippen LogP contribution is 2.29. The molecule has 0 saturated heterocycles. The van der Waals surface area contributed by atoms with Crippen LogP contribution >= 0.6 is 0 Å². The van der Waals surface area contributed by atoms with Crippen LogP contribution in [0.15, 0.2) is 36.9 Å². The third-order valence-electron chi connectivity index (χ3n) is 7.12. The van der Waals surface area contributed by atoms with E-state index in [4.69, 9.17) is 10.7 Å². The maximum absolute atomic E-state index is 13.2. The van der Waals surface area contributed by atoms with E-state index in [0.29, 0.717) is 36.3 Å². The van der Waals surface area contributed by atoms with Crippen molar-refractivity contribution in [2.45, 2.75) is 59.4 Å². The molecule has 0 fully saturated rings. The molecule has 1 atom stereocenters. The van der Waals surface area contributed by atoms with Crippen molar-refractivity contribution in [3.05, 3.63) is 59.7 Å². The van der Waals surface area contributed by atoms with Gasteiger partial charge in [-0.2, -0.15) is 19.8 Å². The Morgan fingerprint density at radius 1 is 1.12 bits per heavy atom. The minimum atomic E-state index is -0.204. The third kappa shape index (κ3) is 5.42. The first-order valence-corrected chi connectivity index (χ1v) is 13.6. The van der Waals surface area contributed by atoms with Gasteiger partial charge in [0.1, 0.15) is 17.8 Å². The van der Waals surface area contributed by atoms with Gasteiger partial charge in [0.15, 0.2) is 11.4 Å². The molecule has 5 heterocycles. The molecule has 0 spiro atoms. The molecule has 0 bridgehead atoms. The fourth-order valence-corrected chi connectivity index (χ4v) is 5.10. The van der Waals surface area contributed by atoms with Crippen LogP contribution in [-0.4, -0.2) is 74.1 Å². The van der Waals surface area contributed by atoms with Gasteiger partial charge in [-0.05, 0) is 51.7 Å². The van der Waals surface area contributed by atoms with E-state index in [1.54, 1.807) is 12.4 Å². The maximum atomic E-state index is 13.2. The average Bonchev–Trinajstić information content (AvgIpc) is 3.74. The number of H-pyrrole nitrogens is 2. The zero-order valence-electron chi connectivity index (χ0n) is 23.5. The summed E-state index contributed by atoms with van der Waals surface area (Å²) < 4.78 is 1.49. The van der Waals surface area contributed by atoms with Gasteiger partial charge in [-0.15, -0.1) is 0 Å². The summed E-state index contributed by atoms with van der Waals surface area (Å²) in [7, 11) is 0. The molecule has 212 valence electrons. The van der Waals surface area contributed by atoms with Gasteiger partial charge in [-0.25, -0.2) is 9.97 Å². The Balaban J connectivity index is 1.47. The Kier molecular flexibility index (Phi) is 7.86. The van der Waals surface area contributed by atoms with E-state index in [1.165, 1.54) is 17.8 Å². The van der Waals surface area contributed by atoms with Gasteiger partial charge in [0.2, 0.25) is 5.82 Å². The summed E-state index contributed by atoms with van der Waals surface area (Å²) in [6.07, 6.45) is 7.29. The minimum absolute atomic E-state index is 0.0987. The number of amides is 1. The Morgan fingerprint density at radius 3 is 2.56 bits per heavy atom. The Morgan fingerprint density at radius 2 is 1.95 bits per heavy atom. The lowest BCUT2D eigenvalue weighted by Gasteiger charge is -2.30. The average molecular weight is 556 g/mol. The van der Waals surface area contributed by atoms with Crippen LogP contribution in [0.1, 0.15) is 72.4 Å². The Labute approximate surface area is 236 Å². The van der Waals surface area contributed by atoms with Crippen molar-refractivity contribution in [1.82, 2.24) is 49.9 Å². The Hall–Kier alpha value is -4.94. The third-order valence-corrected chi connectivity index (χ3v) is 7.12. The van der Waals surface area contributed by atoms with Crippen molar-refractivity contribution in [2.75, 3.05) is 12.3 Å². The maximum Gasteiger partial charge on any atom is 0.291 e. The predicted molar refractivity (Wildman–Crippen MR) is 153 cm³/mol. The van der Waals surface area contributed by atoms with Crippen molar-refractivity contribution in [3.63, 3.8) is 0 Å². The van der Waals surface area contributed by atoms with Gasteiger partial charge in [-0.3, -0.25) is 24.8 Å². The molecule has 5 aromatic rings. The number of hydrogen-bond donors (Lipinski definition) is 3. The summed E-state index contributed by atoms with van der Waals surface area (Å²) in [6, 6.07) is 5.66. The molecule has 13 heteroatoms. The van der Waals surface area contributed by atoms with Gasteiger partial charge >= 0.3 is 0 Å². The molecule has 5 rings (SSSR count). The molecule has 41 heavy (non-hydrogen) atoms. The fraction of sp³-hybridized carbons (Fsp3) is 0.357. The topological polar surface area (TPSA) is 177 Å². The second kappa shape index (κ2) is 11.7. The Bertz CT molecular complexity index is 1670. The van der Waals surface area contributed by atoms with E-state index >= 15 is 0 Å². The van der Waals surface area contributed by atoms with Crippen LogP contribution in [-0.2, 0) is 6.42 Å². The number of carbonyl (C=O) groups is 2. The second-order valence-electron chi connectivity index (χ2n) is 9.97. The van der Waals surface area contributed by atoms with Crippen molar-refractivity contribution in [1.29, 1.82) is 0 Å². The second-order valence-corrected chi connectivity index (χ2v) is 9.97. The fourth-order valence-electron chi connectivity index (χ4n) is 5.10. The van der Waals surface area contributed by atoms with Crippen LogP contribution in [0.4, 0.5) is 5.82 Å². The summed E-state index contributed by atoms with van der Waals surface area (Å²) in [5.41, 5.74) is 11.9. The number of anilines is 1. The van der Waals surface area contributed by atoms with E-state index in [-0.39, 0.29) is 29.4 Å². The van der Waals surface area contributed by atoms with Crippen LogP contribution in [0.2, 0.25) is 0 Å². The first-order chi connectivity index (χ1) is 19.8. The summed E-state index contributed by atoms with van der Waals surface area (Å²) in [5.74, 6) is 0.0398. The molecular weight excluding hydrogens is 522 g/mol. The number of fused-ring (bicyclic) bond motifs is 1. The van der Waals surface area contributed by atoms with E-state index < -0.39 is 0 Å². The number of nitrogens with zero attached hydrogens (tertiary/aromatic N) is 8. The van der Waals surface area contributed by atoms with Crippen LogP contribution in [0, 0.1) is 6.92 Å². The highest BCUT2D eigenvalue weighted by molar-refractivity contribution is 6.00. The lowest BCUT2D eigenvalue weighted by atomic mass is 10.0. The van der Waals surface area contributed by atoms with Gasteiger partial charge in [0, 0.05) is 35.6 Å². The number of aromatic amines is 2. The van der Waals surface area contributed by atoms with E-state index in [2.05, 4.69) is 35.5 Å². The van der Waals surface area contributed by atoms with Gasteiger partial charge in [0.05, 0.1) is 23.1 Å². The molecular formula is C28H33N11O2. The lowest BCUT2D eigenvalue weighted by Crippen LogP contribution is -2.41. The first-order valence-electron chi connectivity index (χ1n) is 13.6. The van der Waals surface area contributed by atoms with Crippen LogP contribution in [0.5, 0.6) is 0 Å². The number of aryl methyl sites for hydroxylation is 2. The molecule has 0 aliphatic carbocycles. The minimum Gasteiger partial charge on any atom is -0.383 e. The van der Waals surface area contributed by atoms with E-state index in [0.717, 1.165) is 41.1 Å². The summed E-state index contributed by atoms with van der Waals surface area (Å²) >= 11 is 0. The monoisotopic (exact) mass is 555 g/mol. The normalized spacial score (nSPS) is 12.1. The number of rotatable bonds is 11. The molecule has 13 nitrogen and oxygen atoms in total. The highest BCUT2D eigenvalue weighted by Gasteiger charge is 2.27. The van der Waals surface area contributed by atoms with Crippen molar-refractivity contribution >= 4 is 23.2 Å². The van der Waals surface area contributed by atoms with Crippen molar-refractivity contribution in [3.8, 4) is 22.5 Å². The summed E-state index contributed by atoms with van der Waals surface area (Å²) in [4.78, 5) is 41.2. The molecule has 0 saturated carbocycles. The zero-order valence-corrected chi connectivity index (χ0v) is 23.5. The van der Waals surface area contributed by atoms with Gasteiger partial charge in [0.25, 0.3) is 5.91 Å². The summed E-state index contributed by atoms with van der Waals surface area (Å²) in [5, 5.41) is 18.1. The number of ketones is 1. The standard InChI is InChI=1S/C28H33N11O2/c1-5-11-38(28(41)26-31-15-32-37-26)19(6-2)8-10-22-24(17(4)40)25(29)39-27(34-22)20(14-33-39)18-7-9-21(30-13-18)23-12-16(3)35-36-23/h7,9,12-15,19H,5-6,8,10-11,29H2,1-4H3,(H,35,36)(H,31,32,37)/t19-/m1/s1. The molecule has 1 amide bonds. The first kappa shape index (κ1) is 27.6. The lowest BCUT2D eigenvalue weighted by molar-refractivity contribution is 0.0650. The number of hydrogen-bond acceptors (Lipinski definition) is 9. The van der Waals surface area contributed by atoms with Crippen molar-refractivity contribution < 1.29 is 9.59 Å².